The molecule has 1 aromatic heterocycles. The summed E-state index contributed by atoms with van der Waals surface area (Å²) in [6.45, 7) is -0.433. The summed E-state index contributed by atoms with van der Waals surface area (Å²) in [5.74, 6) is -0.211. The summed E-state index contributed by atoms with van der Waals surface area (Å²) < 4.78 is 28.8. The van der Waals surface area contributed by atoms with Crippen molar-refractivity contribution in [1.29, 1.82) is 0 Å². The van der Waals surface area contributed by atoms with Crippen molar-refractivity contribution >= 4 is 11.8 Å². The highest BCUT2D eigenvalue weighted by atomic mass is 19.3. The molecule has 0 spiro atoms. The van der Waals surface area contributed by atoms with Crippen molar-refractivity contribution in [2.75, 3.05) is 25.6 Å². The molecule has 4 nitrogen and oxygen atoms in total. The number of hydrogen-bond donors (Lipinski definition) is 0. The van der Waals surface area contributed by atoms with Gasteiger partial charge in [-0.3, -0.25) is 0 Å². The van der Waals surface area contributed by atoms with E-state index in [1.165, 1.54) is 37.4 Å². The van der Waals surface area contributed by atoms with E-state index < -0.39 is 18.9 Å². The van der Waals surface area contributed by atoms with Crippen molar-refractivity contribution in [1.82, 2.24) is 4.98 Å². The number of nitrogens with zero attached hydrogens (tertiary/aromatic N) is 2. The highest BCUT2D eigenvalue weighted by Gasteiger charge is 2.12. The van der Waals surface area contributed by atoms with E-state index in [4.69, 9.17) is 0 Å². The predicted molar refractivity (Wildman–Crippen MR) is 54.9 cm³/mol. The van der Waals surface area contributed by atoms with Crippen LogP contribution in [0.4, 0.5) is 14.6 Å². The highest BCUT2D eigenvalue weighted by molar-refractivity contribution is 5.90. The zero-order valence-electron chi connectivity index (χ0n) is 8.98. The van der Waals surface area contributed by atoms with Gasteiger partial charge in [-0.15, -0.1) is 0 Å². The van der Waals surface area contributed by atoms with Crippen molar-refractivity contribution in [2.45, 2.75) is 6.43 Å². The molecule has 1 aromatic rings. The van der Waals surface area contributed by atoms with Gasteiger partial charge in [-0.2, -0.15) is 0 Å². The lowest BCUT2D eigenvalue weighted by atomic mass is 10.2. The van der Waals surface area contributed by atoms with Gasteiger partial charge in [0.2, 0.25) is 0 Å². The number of rotatable bonds is 4. The van der Waals surface area contributed by atoms with Gasteiger partial charge in [0.1, 0.15) is 5.82 Å². The Morgan fingerprint density at radius 1 is 1.62 bits per heavy atom. The molecular formula is C10H12F2N2O2. The van der Waals surface area contributed by atoms with E-state index in [9.17, 15) is 13.6 Å². The summed E-state index contributed by atoms with van der Waals surface area (Å²) in [5.41, 5.74) is 0.286. The van der Waals surface area contributed by atoms with E-state index in [1.807, 2.05) is 0 Å². The van der Waals surface area contributed by atoms with E-state index in [0.29, 0.717) is 5.82 Å². The Morgan fingerprint density at radius 2 is 2.31 bits per heavy atom. The SMILES string of the molecule is COC(=O)c1ccnc(N(C)CC(F)F)c1. The van der Waals surface area contributed by atoms with Crippen LogP contribution >= 0.6 is 0 Å². The standard InChI is InChI=1S/C10H12F2N2O2/c1-14(6-8(11)12)9-5-7(3-4-13-9)10(15)16-2/h3-5,8H,6H2,1-2H3. The number of pyridine rings is 1. The predicted octanol–water partition coefficient (Wildman–Crippen LogP) is 1.57. The van der Waals surface area contributed by atoms with Gasteiger partial charge in [-0.1, -0.05) is 0 Å². The zero-order chi connectivity index (χ0) is 12.1. The Labute approximate surface area is 91.8 Å². The number of esters is 1. The van der Waals surface area contributed by atoms with Gasteiger partial charge < -0.3 is 9.64 Å². The number of hydrogen-bond acceptors (Lipinski definition) is 4. The zero-order valence-corrected chi connectivity index (χ0v) is 8.98. The molecule has 0 aliphatic carbocycles. The van der Waals surface area contributed by atoms with E-state index >= 15 is 0 Å². The Hall–Kier alpha value is -1.72. The number of anilines is 1. The Morgan fingerprint density at radius 3 is 2.88 bits per heavy atom. The number of methoxy groups -OCH3 is 1. The van der Waals surface area contributed by atoms with Crippen molar-refractivity contribution in [3.8, 4) is 0 Å². The first-order valence-electron chi connectivity index (χ1n) is 4.58. The number of ether oxygens (including phenoxy) is 1. The Balaban J connectivity index is 2.85. The summed E-state index contributed by atoms with van der Waals surface area (Å²) in [4.78, 5) is 16.4. The lowest BCUT2D eigenvalue weighted by Gasteiger charge is -2.17. The lowest BCUT2D eigenvalue weighted by molar-refractivity contribution is 0.0600. The van der Waals surface area contributed by atoms with Gasteiger partial charge in [-0.25, -0.2) is 18.6 Å². The van der Waals surface area contributed by atoms with Gasteiger partial charge in [0.15, 0.2) is 0 Å². The maximum atomic E-state index is 12.1. The van der Waals surface area contributed by atoms with Gasteiger partial charge >= 0.3 is 5.97 Å². The molecule has 0 bridgehead atoms. The molecular weight excluding hydrogens is 218 g/mol. The smallest absolute Gasteiger partial charge is 0.338 e. The molecule has 16 heavy (non-hydrogen) atoms. The fourth-order valence-electron chi connectivity index (χ4n) is 1.17. The molecule has 88 valence electrons. The minimum Gasteiger partial charge on any atom is -0.465 e. The van der Waals surface area contributed by atoms with Crippen molar-refractivity contribution < 1.29 is 18.3 Å². The topological polar surface area (TPSA) is 42.4 Å². The minimum atomic E-state index is -2.45. The summed E-state index contributed by atoms with van der Waals surface area (Å²) >= 11 is 0. The quantitative estimate of drug-likeness (QED) is 0.736. The van der Waals surface area contributed by atoms with Crippen LogP contribution in [0.3, 0.4) is 0 Å². The Bertz CT molecular complexity index is 372. The molecule has 0 atom stereocenters. The fraction of sp³-hybridized carbons (Fsp3) is 0.400. The van der Waals surface area contributed by atoms with Crippen molar-refractivity contribution in [3.05, 3.63) is 23.9 Å². The molecule has 0 unspecified atom stereocenters. The van der Waals surface area contributed by atoms with Crippen LogP contribution in [0.25, 0.3) is 0 Å². The van der Waals surface area contributed by atoms with E-state index in [-0.39, 0.29) is 5.56 Å². The number of carbonyl (C=O) groups excluding carboxylic acids is 1. The molecule has 0 saturated carbocycles. The molecule has 0 amide bonds. The summed E-state index contributed by atoms with van der Waals surface area (Å²) in [7, 11) is 2.74. The van der Waals surface area contributed by atoms with Gasteiger partial charge in [0.05, 0.1) is 19.2 Å². The van der Waals surface area contributed by atoms with Gasteiger partial charge in [-0.05, 0) is 12.1 Å². The third-order valence-corrected chi connectivity index (χ3v) is 1.97. The minimum absolute atomic E-state index is 0.286. The second kappa shape index (κ2) is 5.39. The van der Waals surface area contributed by atoms with Crippen LogP contribution in [-0.4, -0.2) is 38.1 Å². The first kappa shape index (κ1) is 12.4. The average Bonchev–Trinajstić information content (AvgIpc) is 2.27. The largest absolute Gasteiger partial charge is 0.465 e. The molecule has 1 heterocycles. The number of carbonyl (C=O) groups is 1. The van der Waals surface area contributed by atoms with Crippen LogP contribution in [-0.2, 0) is 4.74 Å². The highest BCUT2D eigenvalue weighted by Crippen LogP contribution is 2.13. The molecule has 0 fully saturated rings. The fourth-order valence-corrected chi connectivity index (χ4v) is 1.17. The molecule has 6 heteroatoms. The maximum absolute atomic E-state index is 12.1. The molecule has 0 saturated heterocycles. The second-order valence-corrected chi connectivity index (χ2v) is 3.17. The summed E-state index contributed by atoms with van der Waals surface area (Å²) in [6.07, 6.45) is -1.07. The first-order chi connectivity index (χ1) is 7.54. The van der Waals surface area contributed by atoms with E-state index in [2.05, 4.69) is 9.72 Å². The normalized spacial score (nSPS) is 10.3. The monoisotopic (exact) mass is 230 g/mol. The molecule has 0 aliphatic heterocycles. The van der Waals surface area contributed by atoms with Crippen LogP contribution in [0.5, 0.6) is 0 Å². The second-order valence-electron chi connectivity index (χ2n) is 3.17. The number of alkyl halides is 2. The van der Waals surface area contributed by atoms with Gasteiger partial charge in [0.25, 0.3) is 6.43 Å². The molecule has 0 N–H and O–H groups in total. The third kappa shape index (κ3) is 3.15. The molecule has 0 radical (unpaired) electrons. The summed E-state index contributed by atoms with van der Waals surface area (Å²) in [6, 6.07) is 2.87. The van der Waals surface area contributed by atoms with Crippen molar-refractivity contribution in [3.63, 3.8) is 0 Å². The van der Waals surface area contributed by atoms with E-state index in [0.717, 1.165) is 0 Å². The average molecular weight is 230 g/mol. The van der Waals surface area contributed by atoms with Gasteiger partial charge in [0, 0.05) is 13.2 Å². The van der Waals surface area contributed by atoms with Crippen LogP contribution in [0, 0.1) is 0 Å². The van der Waals surface area contributed by atoms with Crippen LogP contribution in [0.2, 0.25) is 0 Å². The lowest BCUT2D eigenvalue weighted by Crippen LogP contribution is -2.25. The number of halogens is 2. The maximum Gasteiger partial charge on any atom is 0.338 e. The first-order valence-corrected chi connectivity index (χ1v) is 4.58. The molecule has 1 rings (SSSR count). The third-order valence-electron chi connectivity index (χ3n) is 1.97. The Kier molecular flexibility index (Phi) is 4.16. The van der Waals surface area contributed by atoms with Crippen molar-refractivity contribution in [2.24, 2.45) is 0 Å². The number of aromatic nitrogens is 1. The van der Waals surface area contributed by atoms with Crippen LogP contribution in [0.1, 0.15) is 10.4 Å². The van der Waals surface area contributed by atoms with Crippen LogP contribution in [0.15, 0.2) is 18.3 Å². The molecule has 0 aliphatic rings. The van der Waals surface area contributed by atoms with Crippen LogP contribution < -0.4 is 4.90 Å². The molecule has 0 aromatic carbocycles. The summed E-state index contributed by atoms with van der Waals surface area (Å²) in [5, 5.41) is 0. The van der Waals surface area contributed by atoms with E-state index in [1.54, 1.807) is 0 Å².